The predicted octanol–water partition coefficient (Wildman–Crippen LogP) is 2.19. The molecule has 0 aromatic heterocycles. The zero-order valence-electron chi connectivity index (χ0n) is 8.41. The Morgan fingerprint density at radius 1 is 1.47 bits per heavy atom. The first kappa shape index (κ1) is 11.8. The maximum atomic E-state index is 10.9. The molecule has 0 fully saturated rings. The Morgan fingerprint density at radius 2 is 2.13 bits per heavy atom. The van der Waals surface area contributed by atoms with E-state index in [1.807, 2.05) is 0 Å². The number of hydrogen-bond acceptors (Lipinski definition) is 3. The van der Waals surface area contributed by atoms with Crippen molar-refractivity contribution in [3.05, 3.63) is 28.3 Å². The fourth-order valence-electron chi connectivity index (χ4n) is 1.27. The van der Waals surface area contributed by atoms with Gasteiger partial charge < -0.3 is 14.6 Å². The van der Waals surface area contributed by atoms with Crippen molar-refractivity contribution >= 4 is 17.6 Å². The quantitative estimate of drug-likeness (QED) is 0.862. The molecule has 5 heteroatoms. The zero-order chi connectivity index (χ0) is 11.4. The molecule has 0 aliphatic heterocycles. The van der Waals surface area contributed by atoms with Gasteiger partial charge in [-0.1, -0.05) is 11.6 Å². The molecule has 0 unspecified atom stereocenters. The zero-order valence-corrected chi connectivity index (χ0v) is 9.17. The summed E-state index contributed by atoms with van der Waals surface area (Å²) in [7, 11) is 2.90. The molecule has 82 valence electrons. The molecule has 0 saturated heterocycles. The third-order valence-corrected chi connectivity index (χ3v) is 2.13. The SMILES string of the molecule is COCc1cc(Cl)c(OC)c(C(=O)O)c1. The average Bonchev–Trinajstić information content (AvgIpc) is 2.17. The highest BCUT2D eigenvalue weighted by atomic mass is 35.5. The molecule has 15 heavy (non-hydrogen) atoms. The van der Waals surface area contributed by atoms with Gasteiger partial charge in [0.2, 0.25) is 0 Å². The van der Waals surface area contributed by atoms with Crippen LogP contribution in [-0.2, 0) is 11.3 Å². The first-order valence-corrected chi connectivity index (χ1v) is 4.56. The number of ether oxygens (including phenoxy) is 2. The average molecular weight is 231 g/mol. The fraction of sp³-hybridized carbons (Fsp3) is 0.300. The Labute approximate surface area is 92.4 Å². The van der Waals surface area contributed by atoms with Crippen molar-refractivity contribution in [1.29, 1.82) is 0 Å². The van der Waals surface area contributed by atoms with Crippen LogP contribution in [0, 0.1) is 0 Å². The Bertz CT molecular complexity index is 376. The number of rotatable bonds is 4. The Balaban J connectivity index is 3.25. The third-order valence-electron chi connectivity index (χ3n) is 1.85. The predicted molar refractivity (Wildman–Crippen MR) is 55.7 cm³/mol. The van der Waals surface area contributed by atoms with Crippen molar-refractivity contribution in [2.75, 3.05) is 14.2 Å². The highest BCUT2D eigenvalue weighted by molar-refractivity contribution is 6.32. The van der Waals surface area contributed by atoms with Gasteiger partial charge in [-0.25, -0.2) is 4.79 Å². The number of benzene rings is 1. The molecule has 0 bridgehead atoms. The van der Waals surface area contributed by atoms with Crippen molar-refractivity contribution < 1.29 is 19.4 Å². The molecule has 0 radical (unpaired) electrons. The molecule has 0 aliphatic carbocycles. The molecule has 1 N–H and O–H groups in total. The summed E-state index contributed by atoms with van der Waals surface area (Å²) < 4.78 is 9.82. The lowest BCUT2D eigenvalue weighted by atomic mass is 10.1. The highest BCUT2D eigenvalue weighted by Gasteiger charge is 2.15. The maximum Gasteiger partial charge on any atom is 0.339 e. The summed E-state index contributed by atoms with van der Waals surface area (Å²) in [4.78, 5) is 10.9. The van der Waals surface area contributed by atoms with Crippen molar-refractivity contribution in [2.24, 2.45) is 0 Å². The number of methoxy groups -OCH3 is 2. The van der Waals surface area contributed by atoms with Crippen LogP contribution in [0.4, 0.5) is 0 Å². The molecule has 1 aromatic carbocycles. The van der Waals surface area contributed by atoms with Gasteiger partial charge in [-0.3, -0.25) is 0 Å². The topological polar surface area (TPSA) is 55.8 Å². The Morgan fingerprint density at radius 3 is 2.60 bits per heavy atom. The normalized spacial score (nSPS) is 10.1. The van der Waals surface area contributed by atoms with Crippen LogP contribution in [0.5, 0.6) is 5.75 Å². The first-order chi connectivity index (χ1) is 7.10. The van der Waals surface area contributed by atoms with Gasteiger partial charge in [0.15, 0.2) is 5.75 Å². The lowest BCUT2D eigenvalue weighted by Crippen LogP contribution is -2.03. The lowest BCUT2D eigenvalue weighted by Gasteiger charge is -2.09. The van der Waals surface area contributed by atoms with Crippen molar-refractivity contribution in [3.8, 4) is 5.75 Å². The van der Waals surface area contributed by atoms with Crippen LogP contribution in [0.25, 0.3) is 0 Å². The number of hydrogen-bond donors (Lipinski definition) is 1. The van der Waals surface area contributed by atoms with E-state index in [0.29, 0.717) is 12.2 Å². The molecule has 4 nitrogen and oxygen atoms in total. The summed E-state index contributed by atoms with van der Waals surface area (Å²) in [5.41, 5.74) is 0.734. The Kier molecular flexibility index (Phi) is 3.94. The third kappa shape index (κ3) is 2.61. The van der Waals surface area contributed by atoms with Crippen LogP contribution in [0.3, 0.4) is 0 Å². The van der Waals surface area contributed by atoms with Gasteiger partial charge in [0.05, 0.1) is 18.7 Å². The molecule has 0 spiro atoms. The summed E-state index contributed by atoms with van der Waals surface area (Å²) in [6, 6.07) is 3.10. The van der Waals surface area contributed by atoms with E-state index in [1.54, 1.807) is 6.07 Å². The fourth-order valence-corrected chi connectivity index (χ4v) is 1.58. The highest BCUT2D eigenvalue weighted by Crippen LogP contribution is 2.30. The van der Waals surface area contributed by atoms with E-state index in [4.69, 9.17) is 26.2 Å². The number of carboxylic acids is 1. The van der Waals surface area contributed by atoms with E-state index in [0.717, 1.165) is 0 Å². The van der Waals surface area contributed by atoms with Gasteiger partial charge in [0.25, 0.3) is 0 Å². The number of halogens is 1. The lowest BCUT2D eigenvalue weighted by molar-refractivity contribution is 0.0693. The number of carboxylic acid groups (broad SMARTS) is 1. The Hall–Kier alpha value is -1.26. The largest absolute Gasteiger partial charge is 0.494 e. The molecule has 0 atom stereocenters. The molecule has 0 aliphatic rings. The van der Waals surface area contributed by atoms with Crippen LogP contribution in [0.15, 0.2) is 12.1 Å². The molecule has 0 saturated carbocycles. The van der Waals surface area contributed by atoms with Crippen LogP contribution in [-0.4, -0.2) is 25.3 Å². The van der Waals surface area contributed by atoms with E-state index in [-0.39, 0.29) is 16.3 Å². The van der Waals surface area contributed by atoms with Gasteiger partial charge in [0, 0.05) is 7.11 Å². The van der Waals surface area contributed by atoms with Gasteiger partial charge in [-0.05, 0) is 17.7 Å². The molecule has 0 heterocycles. The number of aromatic carboxylic acids is 1. The standard InChI is InChI=1S/C10H11ClO4/c1-14-5-6-3-7(10(12)13)9(15-2)8(11)4-6/h3-4H,5H2,1-2H3,(H,12,13). The molecule has 0 amide bonds. The van der Waals surface area contributed by atoms with Gasteiger partial charge in [-0.15, -0.1) is 0 Å². The van der Waals surface area contributed by atoms with Crippen molar-refractivity contribution in [2.45, 2.75) is 6.61 Å². The first-order valence-electron chi connectivity index (χ1n) is 4.18. The van der Waals surface area contributed by atoms with E-state index >= 15 is 0 Å². The molecule has 1 rings (SSSR count). The summed E-state index contributed by atoms with van der Waals surface area (Å²) >= 11 is 5.87. The minimum absolute atomic E-state index is 0.0389. The van der Waals surface area contributed by atoms with Crippen molar-refractivity contribution in [3.63, 3.8) is 0 Å². The van der Waals surface area contributed by atoms with E-state index in [2.05, 4.69) is 0 Å². The summed E-state index contributed by atoms with van der Waals surface area (Å²) in [6.45, 7) is 0.310. The monoisotopic (exact) mass is 230 g/mol. The summed E-state index contributed by atoms with van der Waals surface area (Å²) in [6.07, 6.45) is 0. The van der Waals surface area contributed by atoms with Crippen LogP contribution in [0.2, 0.25) is 5.02 Å². The summed E-state index contributed by atoms with van der Waals surface area (Å²) in [5.74, 6) is -0.907. The van der Waals surface area contributed by atoms with Gasteiger partial charge in [0.1, 0.15) is 5.56 Å². The minimum atomic E-state index is -1.08. The van der Waals surface area contributed by atoms with Gasteiger partial charge in [-0.2, -0.15) is 0 Å². The number of carbonyl (C=O) groups is 1. The van der Waals surface area contributed by atoms with E-state index in [9.17, 15) is 4.79 Å². The second-order valence-corrected chi connectivity index (χ2v) is 3.30. The van der Waals surface area contributed by atoms with Crippen LogP contribution >= 0.6 is 11.6 Å². The molecular formula is C10H11ClO4. The van der Waals surface area contributed by atoms with E-state index < -0.39 is 5.97 Å². The second kappa shape index (κ2) is 5.00. The van der Waals surface area contributed by atoms with Gasteiger partial charge >= 0.3 is 5.97 Å². The van der Waals surface area contributed by atoms with Crippen molar-refractivity contribution in [1.82, 2.24) is 0 Å². The summed E-state index contributed by atoms with van der Waals surface area (Å²) in [5, 5.41) is 9.20. The minimum Gasteiger partial charge on any atom is -0.494 e. The second-order valence-electron chi connectivity index (χ2n) is 2.90. The maximum absolute atomic E-state index is 10.9. The van der Waals surface area contributed by atoms with Crippen LogP contribution in [0.1, 0.15) is 15.9 Å². The molecular weight excluding hydrogens is 220 g/mol. The molecule has 1 aromatic rings. The van der Waals surface area contributed by atoms with E-state index in [1.165, 1.54) is 20.3 Å². The van der Waals surface area contributed by atoms with Crippen LogP contribution < -0.4 is 4.74 Å². The smallest absolute Gasteiger partial charge is 0.339 e.